The first-order valence-corrected chi connectivity index (χ1v) is 8.64. The third-order valence-corrected chi connectivity index (χ3v) is 5.33. The molecule has 3 rings (SSSR count). The normalized spacial score (nSPS) is 15.2. The first-order chi connectivity index (χ1) is 10.6. The van der Waals surface area contributed by atoms with Crippen molar-refractivity contribution in [3.63, 3.8) is 0 Å². The molecule has 0 saturated carbocycles. The summed E-state index contributed by atoms with van der Waals surface area (Å²) in [4.78, 5) is 17.9. The van der Waals surface area contributed by atoms with Crippen LogP contribution < -0.4 is 4.90 Å². The highest BCUT2D eigenvalue weighted by Crippen LogP contribution is 2.24. The molecule has 1 aliphatic heterocycles. The van der Waals surface area contributed by atoms with Gasteiger partial charge in [0.1, 0.15) is 0 Å². The Kier molecular flexibility index (Phi) is 4.48. The van der Waals surface area contributed by atoms with Crippen LogP contribution in [0.1, 0.15) is 16.0 Å². The quantitative estimate of drug-likeness (QED) is 0.868. The highest BCUT2D eigenvalue weighted by molar-refractivity contribution is 7.10. The molecule has 0 unspecified atom stereocenters. The molecule has 0 bridgehead atoms. The van der Waals surface area contributed by atoms with E-state index in [4.69, 9.17) is 0 Å². The molecule has 0 atom stereocenters. The number of carbonyl (C=O) groups is 1. The van der Waals surface area contributed by atoms with E-state index in [1.165, 1.54) is 16.8 Å². The lowest BCUT2D eigenvalue weighted by atomic mass is 10.1. The van der Waals surface area contributed by atoms with Crippen LogP contribution in [0.3, 0.4) is 0 Å². The van der Waals surface area contributed by atoms with Crippen LogP contribution in [0.25, 0.3) is 0 Å². The highest BCUT2D eigenvalue weighted by atomic mass is 32.1. The average Bonchev–Trinajstić information content (AvgIpc) is 3.03. The number of amides is 1. The predicted octanol–water partition coefficient (Wildman–Crippen LogP) is 3.26. The van der Waals surface area contributed by atoms with Crippen LogP contribution in [0.15, 0.2) is 35.7 Å². The van der Waals surface area contributed by atoms with Gasteiger partial charge in [0.15, 0.2) is 0 Å². The van der Waals surface area contributed by atoms with Crippen molar-refractivity contribution in [3.05, 3.63) is 51.7 Å². The fourth-order valence-corrected chi connectivity index (χ4v) is 3.64. The third-order valence-electron chi connectivity index (χ3n) is 4.45. The Labute approximate surface area is 136 Å². The molecule has 1 fully saturated rings. The van der Waals surface area contributed by atoms with E-state index in [2.05, 4.69) is 36.9 Å². The largest absolute Gasteiger partial charge is 0.368 e. The highest BCUT2D eigenvalue weighted by Gasteiger charge is 2.22. The molecule has 0 aliphatic carbocycles. The van der Waals surface area contributed by atoms with Gasteiger partial charge in [-0.1, -0.05) is 18.2 Å². The first-order valence-electron chi connectivity index (χ1n) is 7.76. The van der Waals surface area contributed by atoms with E-state index in [0.717, 1.165) is 31.1 Å². The number of thiophene rings is 1. The SMILES string of the molecule is Cc1cccc(N2CCN(C(=O)Cc3cccs3)CC2)c1C. The summed E-state index contributed by atoms with van der Waals surface area (Å²) in [5.41, 5.74) is 3.99. The monoisotopic (exact) mass is 314 g/mol. The molecule has 0 radical (unpaired) electrons. The zero-order valence-corrected chi connectivity index (χ0v) is 14.0. The minimum atomic E-state index is 0.253. The van der Waals surface area contributed by atoms with Crippen molar-refractivity contribution in [2.45, 2.75) is 20.3 Å². The predicted molar refractivity (Wildman–Crippen MR) is 92.7 cm³/mol. The maximum atomic E-state index is 12.3. The number of benzene rings is 1. The van der Waals surface area contributed by atoms with Crippen LogP contribution in [-0.2, 0) is 11.2 Å². The molecule has 4 heteroatoms. The molecule has 1 aromatic carbocycles. The summed E-state index contributed by atoms with van der Waals surface area (Å²) in [6.07, 6.45) is 0.543. The number of rotatable bonds is 3. The number of nitrogens with zero attached hydrogens (tertiary/aromatic N) is 2. The lowest BCUT2D eigenvalue weighted by Gasteiger charge is -2.37. The van der Waals surface area contributed by atoms with Gasteiger partial charge < -0.3 is 9.80 Å². The number of hydrogen-bond donors (Lipinski definition) is 0. The molecule has 1 amide bonds. The van der Waals surface area contributed by atoms with Gasteiger partial charge in [-0.2, -0.15) is 0 Å². The summed E-state index contributed by atoms with van der Waals surface area (Å²) in [6.45, 7) is 7.80. The second-order valence-corrected chi connectivity index (χ2v) is 6.88. The van der Waals surface area contributed by atoms with E-state index in [-0.39, 0.29) is 5.91 Å². The molecule has 3 nitrogen and oxygen atoms in total. The van der Waals surface area contributed by atoms with Crippen molar-refractivity contribution in [2.24, 2.45) is 0 Å². The van der Waals surface area contributed by atoms with Gasteiger partial charge >= 0.3 is 0 Å². The Morgan fingerprint density at radius 2 is 1.86 bits per heavy atom. The Morgan fingerprint density at radius 3 is 2.55 bits per heavy atom. The topological polar surface area (TPSA) is 23.6 Å². The lowest BCUT2D eigenvalue weighted by molar-refractivity contribution is -0.130. The Bertz CT molecular complexity index is 643. The smallest absolute Gasteiger partial charge is 0.227 e. The molecule has 116 valence electrons. The minimum absolute atomic E-state index is 0.253. The fraction of sp³-hybridized carbons (Fsp3) is 0.389. The molecular formula is C18H22N2OS. The average molecular weight is 314 g/mol. The summed E-state index contributed by atoms with van der Waals surface area (Å²) in [7, 11) is 0. The molecular weight excluding hydrogens is 292 g/mol. The molecule has 2 aromatic rings. The van der Waals surface area contributed by atoms with Gasteiger partial charge in [-0.3, -0.25) is 4.79 Å². The maximum absolute atomic E-state index is 12.3. The van der Waals surface area contributed by atoms with Crippen molar-refractivity contribution in [2.75, 3.05) is 31.1 Å². The van der Waals surface area contributed by atoms with E-state index >= 15 is 0 Å². The second-order valence-electron chi connectivity index (χ2n) is 5.84. The van der Waals surface area contributed by atoms with E-state index in [9.17, 15) is 4.79 Å². The summed E-state index contributed by atoms with van der Waals surface area (Å²) < 4.78 is 0. The van der Waals surface area contributed by atoms with Crippen LogP contribution in [0.2, 0.25) is 0 Å². The summed E-state index contributed by atoms with van der Waals surface area (Å²) in [5.74, 6) is 0.253. The summed E-state index contributed by atoms with van der Waals surface area (Å²) in [5, 5.41) is 2.03. The number of hydrogen-bond acceptors (Lipinski definition) is 3. The van der Waals surface area contributed by atoms with Gasteiger partial charge in [-0.15, -0.1) is 11.3 Å². The Balaban J connectivity index is 1.60. The van der Waals surface area contributed by atoms with Crippen LogP contribution in [0, 0.1) is 13.8 Å². The Hall–Kier alpha value is -1.81. The zero-order chi connectivity index (χ0) is 15.5. The third kappa shape index (κ3) is 3.17. The van der Waals surface area contributed by atoms with Crippen LogP contribution in [0.5, 0.6) is 0 Å². The van der Waals surface area contributed by atoms with E-state index in [0.29, 0.717) is 6.42 Å². The van der Waals surface area contributed by atoms with Gasteiger partial charge in [-0.05, 0) is 42.5 Å². The van der Waals surface area contributed by atoms with Crippen molar-refractivity contribution < 1.29 is 4.79 Å². The summed E-state index contributed by atoms with van der Waals surface area (Å²) in [6, 6.07) is 10.5. The molecule has 1 saturated heterocycles. The molecule has 0 N–H and O–H groups in total. The number of piperazine rings is 1. The second kappa shape index (κ2) is 6.53. The molecule has 1 aliphatic rings. The van der Waals surface area contributed by atoms with Crippen molar-refractivity contribution in [3.8, 4) is 0 Å². The molecule has 22 heavy (non-hydrogen) atoms. The van der Waals surface area contributed by atoms with Crippen LogP contribution >= 0.6 is 11.3 Å². The number of anilines is 1. The maximum Gasteiger partial charge on any atom is 0.227 e. The van der Waals surface area contributed by atoms with Gasteiger partial charge in [-0.25, -0.2) is 0 Å². The van der Waals surface area contributed by atoms with Crippen molar-refractivity contribution in [1.82, 2.24) is 4.90 Å². The number of carbonyl (C=O) groups excluding carboxylic acids is 1. The Morgan fingerprint density at radius 1 is 1.09 bits per heavy atom. The number of aryl methyl sites for hydroxylation is 1. The summed E-state index contributed by atoms with van der Waals surface area (Å²) >= 11 is 1.66. The molecule has 0 spiro atoms. The van der Waals surface area contributed by atoms with Crippen molar-refractivity contribution in [1.29, 1.82) is 0 Å². The van der Waals surface area contributed by atoms with Gasteiger partial charge in [0.2, 0.25) is 5.91 Å². The van der Waals surface area contributed by atoms with Gasteiger partial charge in [0.05, 0.1) is 6.42 Å². The fourth-order valence-electron chi connectivity index (χ4n) is 2.95. The van der Waals surface area contributed by atoms with Gasteiger partial charge in [0, 0.05) is 36.7 Å². The van der Waals surface area contributed by atoms with Crippen LogP contribution in [0.4, 0.5) is 5.69 Å². The van der Waals surface area contributed by atoms with Crippen LogP contribution in [-0.4, -0.2) is 37.0 Å². The zero-order valence-electron chi connectivity index (χ0n) is 13.2. The first kappa shape index (κ1) is 15.1. The lowest BCUT2D eigenvalue weighted by Crippen LogP contribution is -2.49. The van der Waals surface area contributed by atoms with Crippen molar-refractivity contribution >= 4 is 22.9 Å². The van der Waals surface area contributed by atoms with Gasteiger partial charge in [0.25, 0.3) is 0 Å². The molecule has 1 aromatic heterocycles. The minimum Gasteiger partial charge on any atom is -0.368 e. The van der Waals surface area contributed by atoms with E-state index in [1.54, 1.807) is 11.3 Å². The van der Waals surface area contributed by atoms with E-state index in [1.807, 2.05) is 22.4 Å². The van der Waals surface area contributed by atoms with E-state index < -0.39 is 0 Å². The standard InChI is InChI=1S/C18H22N2OS/c1-14-5-3-7-17(15(14)2)19-8-10-20(11-9-19)18(21)13-16-6-4-12-22-16/h3-7,12H,8-11,13H2,1-2H3. The molecule has 2 heterocycles.